The summed E-state index contributed by atoms with van der Waals surface area (Å²) in [5.74, 6) is 0. The van der Waals surface area contributed by atoms with Gasteiger partial charge in [-0.25, -0.2) is 4.79 Å². The van der Waals surface area contributed by atoms with E-state index in [-0.39, 0.29) is 6.03 Å². The van der Waals surface area contributed by atoms with Crippen LogP contribution in [0.3, 0.4) is 0 Å². The Morgan fingerprint density at radius 2 is 2.04 bits per heavy atom. The van der Waals surface area contributed by atoms with Gasteiger partial charge < -0.3 is 15.5 Å². The third kappa shape index (κ3) is 6.26. The van der Waals surface area contributed by atoms with E-state index in [2.05, 4.69) is 80.3 Å². The molecule has 2 rings (SSSR count). The van der Waals surface area contributed by atoms with Gasteiger partial charge in [-0.3, -0.25) is 4.90 Å². The molecule has 24 heavy (non-hydrogen) atoms. The first-order valence-electron chi connectivity index (χ1n) is 8.39. The molecular weight excluding hydrogens is 368 g/mol. The highest BCUT2D eigenvalue weighted by molar-refractivity contribution is 9.11. The van der Waals surface area contributed by atoms with Crippen molar-refractivity contribution in [3.05, 3.63) is 47.0 Å². The molecule has 1 atom stereocenters. The fraction of sp³-hybridized carbons (Fsp3) is 0.500. The molecule has 1 saturated heterocycles. The van der Waals surface area contributed by atoms with Crippen LogP contribution in [0.5, 0.6) is 0 Å². The largest absolute Gasteiger partial charge is 0.338 e. The molecule has 6 heteroatoms. The third-order valence-electron chi connectivity index (χ3n) is 4.23. The summed E-state index contributed by atoms with van der Waals surface area (Å²) in [4.78, 5) is 16.5. The van der Waals surface area contributed by atoms with Crippen LogP contribution in [0.4, 0.5) is 4.79 Å². The molecule has 0 aromatic heterocycles. The first kappa shape index (κ1) is 19.0. The van der Waals surface area contributed by atoms with E-state index in [0.29, 0.717) is 19.1 Å². The van der Waals surface area contributed by atoms with Crippen molar-refractivity contribution >= 4 is 22.0 Å². The van der Waals surface area contributed by atoms with E-state index in [4.69, 9.17) is 0 Å². The van der Waals surface area contributed by atoms with Crippen LogP contribution in [0.2, 0.25) is 0 Å². The number of nitrogens with one attached hydrogen (secondary N) is 2. The van der Waals surface area contributed by atoms with Gasteiger partial charge >= 0.3 is 6.03 Å². The van der Waals surface area contributed by atoms with Crippen LogP contribution in [0.1, 0.15) is 18.0 Å². The van der Waals surface area contributed by atoms with Crippen molar-refractivity contribution in [3.8, 4) is 0 Å². The molecule has 2 amide bonds. The molecule has 2 N–H and O–H groups in total. The number of halogens is 1. The number of urea groups is 1. The summed E-state index contributed by atoms with van der Waals surface area (Å²) in [5.41, 5.74) is 1.37. The van der Waals surface area contributed by atoms with E-state index in [9.17, 15) is 4.79 Å². The molecule has 1 aliphatic heterocycles. The van der Waals surface area contributed by atoms with Crippen LogP contribution in [0.25, 0.3) is 0 Å². The average Bonchev–Trinajstić information content (AvgIpc) is 2.58. The number of piperazine rings is 1. The second-order valence-corrected chi connectivity index (χ2v) is 7.33. The lowest BCUT2D eigenvalue weighted by molar-refractivity contribution is 0.0890. The number of carbonyl (C=O) groups is 1. The summed E-state index contributed by atoms with van der Waals surface area (Å²) in [6, 6.07) is 11.0. The molecule has 0 bridgehead atoms. The lowest BCUT2D eigenvalue weighted by Gasteiger charge is -2.40. The first-order chi connectivity index (χ1) is 11.6. The van der Waals surface area contributed by atoms with Crippen molar-refractivity contribution in [2.24, 2.45) is 0 Å². The quantitative estimate of drug-likeness (QED) is 0.698. The van der Waals surface area contributed by atoms with E-state index < -0.39 is 0 Å². The van der Waals surface area contributed by atoms with Gasteiger partial charge in [0.05, 0.1) is 6.54 Å². The van der Waals surface area contributed by atoms with E-state index >= 15 is 0 Å². The minimum absolute atomic E-state index is 0.145. The Kier molecular flexibility index (Phi) is 7.75. The Hall–Kier alpha value is -1.37. The Balaban J connectivity index is 1.77. The summed E-state index contributed by atoms with van der Waals surface area (Å²) in [6.07, 6.45) is 0.940. The van der Waals surface area contributed by atoms with E-state index in [1.54, 1.807) is 0 Å². The summed E-state index contributed by atoms with van der Waals surface area (Å²) >= 11 is 3.22. The van der Waals surface area contributed by atoms with Crippen LogP contribution in [0, 0.1) is 0 Å². The number of nitrogens with zero attached hydrogens (tertiary/aromatic N) is 2. The zero-order valence-corrected chi connectivity index (χ0v) is 15.9. The fourth-order valence-electron chi connectivity index (χ4n) is 2.94. The van der Waals surface area contributed by atoms with Crippen molar-refractivity contribution in [2.75, 3.05) is 46.3 Å². The molecule has 1 heterocycles. The predicted molar refractivity (Wildman–Crippen MR) is 102 cm³/mol. The summed E-state index contributed by atoms with van der Waals surface area (Å²) < 4.78 is 0.765. The first-order valence-corrected chi connectivity index (χ1v) is 9.18. The van der Waals surface area contributed by atoms with Crippen LogP contribution >= 0.6 is 15.9 Å². The molecule has 0 saturated carbocycles. The number of amides is 2. The highest BCUT2D eigenvalue weighted by Crippen LogP contribution is 2.24. The monoisotopic (exact) mass is 394 g/mol. The van der Waals surface area contributed by atoms with Gasteiger partial charge in [0.25, 0.3) is 0 Å². The van der Waals surface area contributed by atoms with Gasteiger partial charge in [-0.2, -0.15) is 0 Å². The molecule has 1 fully saturated rings. The van der Waals surface area contributed by atoms with Crippen LogP contribution in [-0.2, 0) is 0 Å². The average molecular weight is 395 g/mol. The Morgan fingerprint density at radius 1 is 1.29 bits per heavy atom. The second-order valence-electron chi connectivity index (χ2n) is 6.20. The van der Waals surface area contributed by atoms with E-state index in [1.807, 2.05) is 0 Å². The van der Waals surface area contributed by atoms with Crippen molar-refractivity contribution in [1.29, 1.82) is 0 Å². The molecular formula is C18H27BrN4O. The molecule has 0 aliphatic carbocycles. The standard InChI is InChI=1S/C18H27BrN4O/c1-15(19)13-21-18(24)20-9-6-10-23-12-11-22(2)14-17(23)16-7-4-3-5-8-16/h3-5,7-8,17H,1,6,9-14H2,2H3,(H2,20,21,24). The maximum absolute atomic E-state index is 11.6. The van der Waals surface area contributed by atoms with Crippen molar-refractivity contribution in [1.82, 2.24) is 20.4 Å². The molecule has 132 valence electrons. The zero-order valence-electron chi connectivity index (χ0n) is 14.3. The smallest absolute Gasteiger partial charge is 0.315 e. The van der Waals surface area contributed by atoms with E-state index in [1.165, 1.54) is 5.56 Å². The van der Waals surface area contributed by atoms with Crippen LogP contribution in [-0.4, -0.2) is 62.1 Å². The number of likely N-dealkylation sites (N-methyl/N-ethyl adjacent to an activating group) is 1. The van der Waals surface area contributed by atoms with Gasteiger partial charge in [-0.05, 0) is 19.0 Å². The van der Waals surface area contributed by atoms with Crippen molar-refractivity contribution in [3.63, 3.8) is 0 Å². The molecule has 1 unspecified atom stereocenters. The number of hydrogen-bond acceptors (Lipinski definition) is 3. The number of benzene rings is 1. The maximum atomic E-state index is 11.6. The topological polar surface area (TPSA) is 47.6 Å². The molecule has 1 aromatic carbocycles. The summed E-state index contributed by atoms with van der Waals surface area (Å²) in [5, 5.41) is 5.64. The SMILES string of the molecule is C=C(Br)CNC(=O)NCCCN1CCN(C)CC1c1ccccc1. The molecule has 0 radical (unpaired) electrons. The Labute approximate surface area is 153 Å². The minimum atomic E-state index is -0.145. The maximum Gasteiger partial charge on any atom is 0.315 e. The third-order valence-corrected chi connectivity index (χ3v) is 4.51. The molecule has 5 nitrogen and oxygen atoms in total. The second kappa shape index (κ2) is 9.81. The van der Waals surface area contributed by atoms with Crippen molar-refractivity contribution < 1.29 is 4.79 Å². The normalized spacial score (nSPS) is 19.0. The lowest BCUT2D eigenvalue weighted by atomic mass is 10.0. The molecule has 0 spiro atoms. The Morgan fingerprint density at radius 3 is 2.75 bits per heavy atom. The van der Waals surface area contributed by atoms with Gasteiger partial charge in [0.1, 0.15) is 0 Å². The number of hydrogen-bond donors (Lipinski definition) is 2. The van der Waals surface area contributed by atoms with Gasteiger partial charge in [0, 0.05) is 43.2 Å². The predicted octanol–water partition coefficient (Wildman–Crippen LogP) is 2.57. The highest BCUT2D eigenvalue weighted by atomic mass is 79.9. The summed E-state index contributed by atoms with van der Waals surface area (Å²) in [6.45, 7) is 8.99. The Bertz CT molecular complexity index is 537. The van der Waals surface area contributed by atoms with Crippen molar-refractivity contribution in [2.45, 2.75) is 12.5 Å². The van der Waals surface area contributed by atoms with Gasteiger partial charge in [0.2, 0.25) is 0 Å². The molecule has 1 aromatic rings. The van der Waals surface area contributed by atoms with Gasteiger partial charge in [0.15, 0.2) is 0 Å². The zero-order chi connectivity index (χ0) is 17.4. The van der Waals surface area contributed by atoms with Crippen LogP contribution < -0.4 is 10.6 Å². The lowest BCUT2D eigenvalue weighted by Crippen LogP contribution is -2.47. The van der Waals surface area contributed by atoms with E-state index in [0.717, 1.165) is 37.1 Å². The number of rotatable bonds is 7. The molecule has 1 aliphatic rings. The number of carbonyl (C=O) groups excluding carboxylic acids is 1. The minimum Gasteiger partial charge on any atom is -0.338 e. The highest BCUT2D eigenvalue weighted by Gasteiger charge is 2.25. The van der Waals surface area contributed by atoms with Gasteiger partial charge in [-0.1, -0.05) is 52.8 Å². The fourth-order valence-corrected chi connectivity index (χ4v) is 3.08. The van der Waals surface area contributed by atoms with Gasteiger partial charge in [-0.15, -0.1) is 0 Å². The van der Waals surface area contributed by atoms with Crippen LogP contribution in [0.15, 0.2) is 41.4 Å². The summed E-state index contributed by atoms with van der Waals surface area (Å²) in [7, 11) is 2.18.